The van der Waals surface area contributed by atoms with Gasteiger partial charge in [0.15, 0.2) is 0 Å². The van der Waals surface area contributed by atoms with E-state index in [0.717, 1.165) is 38.0 Å². The minimum absolute atomic E-state index is 0.190. The zero-order chi connectivity index (χ0) is 16.1. The van der Waals surface area contributed by atoms with Crippen LogP contribution in [-0.4, -0.2) is 34.1 Å². The summed E-state index contributed by atoms with van der Waals surface area (Å²) < 4.78 is 5.85. The van der Waals surface area contributed by atoms with Gasteiger partial charge >= 0.3 is 6.01 Å². The summed E-state index contributed by atoms with van der Waals surface area (Å²) in [6, 6.07) is 10.4. The number of hydrogen-bond acceptors (Lipinski definition) is 5. The SMILES string of the molecule is Cc1cnc(OC2CCN(Cc3ccc(C#N)cc3)CC2)nc1. The van der Waals surface area contributed by atoms with Gasteiger partial charge in [-0.3, -0.25) is 4.90 Å². The quantitative estimate of drug-likeness (QED) is 0.869. The fourth-order valence-electron chi connectivity index (χ4n) is 2.72. The van der Waals surface area contributed by atoms with Crippen LogP contribution in [0.2, 0.25) is 0 Å². The minimum Gasteiger partial charge on any atom is -0.460 e. The topological polar surface area (TPSA) is 62.0 Å². The van der Waals surface area contributed by atoms with Crippen LogP contribution in [0.4, 0.5) is 0 Å². The van der Waals surface area contributed by atoms with E-state index in [1.807, 2.05) is 31.2 Å². The highest BCUT2D eigenvalue weighted by Gasteiger charge is 2.21. The zero-order valence-electron chi connectivity index (χ0n) is 13.3. The van der Waals surface area contributed by atoms with E-state index < -0.39 is 0 Å². The Kier molecular flexibility index (Phi) is 4.84. The van der Waals surface area contributed by atoms with Gasteiger partial charge in [-0.2, -0.15) is 5.26 Å². The third-order valence-corrected chi connectivity index (χ3v) is 4.05. The molecule has 1 aliphatic heterocycles. The summed E-state index contributed by atoms with van der Waals surface area (Å²) in [5.74, 6) is 0. The smallest absolute Gasteiger partial charge is 0.316 e. The Labute approximate surface area is 136 Å². The lowest BCUT2D eigenvalue weighted by atomic mass is 10.1. The van der Waals surface area contributed by atoms with Crippen molar-refractivity contribution in [2.45, 2.75) is 32.4 Å². The van der Waals surface area contributed by atoms with Crippen molar-refractivity contribution in [2.24, 2.45) is 0 Å². The number of ether oxygens (including phenoxy) is 1. The lowest BCUT2D eigenvalue weighted by molar-refractivity contribution is 0.0892. The highest BCUT2D eigenvalue weighted by molar-refractivity contribution is 5.31. The largest absolute Gasteiger partial charge is 0.460 e. The molecule has 0 N–H and O–H groups in total. The first-order valence-electron chi connectivity index (χ1n) is 7.89. The molecule has 1 aliphatic rings. The molecule has 3 rings (SSSR count). The first kappa shape index (κ1) is 15.4. The van der Waals surface area contributed by atoms with Crippen LogP contribution >= 0.6 is 0 Å². The van der Waals surface area contributed by atoms with Crippen LogP contribution in [0, 0.1) is 18.3 Å². The van der Waals surface area contributed by atoms with Crippen LogP contribution in [-0.2, 0) is 6.54 Å². The fourth-order valence-corrected chi connectivity index (χ4v) is 2.72. The molecule has 5 nitrogen and oxygen atoms in total. The molecule has 1 saturated heterocycles. The van der Waals surface area contributed by atoms with Crippen molar-refractivity contribution in [3.8, 4) is 12.1 Å². The van der Waals surface area contributed by atoms with E-state index in [-0.39, 0.29) is 6.10 Å². The van der Waals surface area contributed by atoms with Crippen molar-refractivity contribution in [1.82, 2.24) is 14.9 Å². The van der Waals surface area contributed by atoms with Crippen LogP contribution in [0.15, 0.2) is 36.7 Å². The number of rotatable bonds is 4. The molecule has 0 unspecified atom stereocenters. The molecule has 0 amide bonds. The first-order valence-corrected chi connectivity index (χ1v) is 7.89. The summed E-state index contributed by atoms with van der Waals surface area (Å²) in [4.78, 5) is 10.8. The molecular weight excluding hydrogens is 288 g/mol. The highest BCUT2D eigenvalue weighted by Crippen LogP contribution is 2.18. The van der Waals surface area contributed by atoms with Gasteiger partial charge in [0.2, 0.25) is 0 Å². The number of nitrogens with zero attached hydrogens (tertiary/aromatic N) is 4. The summed E-state index contributed by atoms with van der Waals surface area (Å²) >= 11 is 0. The molecule has 5 heteroatoms. The molecule has 0 aliphatic carbocycles. The van der Waals surface area contributed by atoms with E-state index in [1.165, 1.54) is 5.56 Å². The van der Waals surface area contributed by atoms with Crippen molar-refractivity contribution in [3.63, 3.8) is 0 Å². The van der Waals surface area contributed by atoms with E-state index in [2.05, 4.69) is 20.9 Å². The van der Waals surface area contributed by atoms with Gasteiger partial charge in [-0.05, 0) is 43.0 Å². The van der Waals surface area contributed by atoms with E-state index in [4.69, 9.17) is 10.00 Å². The highest BCUT2D eigenvalue weighted by atomic mass is 16.5. The second-order valence-corrected chi connectivity index (χ2v) is 5.95. The predicted octanol–water partition coefficient (Wildman–Crippen LogP) is 2.70. The average molecular weight is 308 g/mol. The number of aromatic nitrogens is 2. The third kappa shape index (κ3) is 4.27. The molecule has 23 heavy (non-hydrogen) atoms. The van der Waals surface area contributed by atoms with Crippen molar-refractivity contribution in [3.05, 3.63) is 53.3 Å². The molecule has 118 valence electrons. The van der Waals surface area contributed by atoms with E-state index >= 15 is 0 Å². The molecule has 0 radical (unpaired) electrons. The van der Waals surface area contributed by atoms with Crippen LogP contribution in [0.5, 0.6) is 6.01 Å². The maximum Gasteiger partial charge on any atom is 0.316 e. The number of nitriles is 1. The number of hydrogen-bond donors (Lipinski definition) is 0. The summed E-state index contributed by atoms with van der Waals surface area (Å²) in [6.45, 7) is 4.87. The molecule has 2 heterocycles. The Morgan fingerprint density at radius 1 is 1.17 bits per heavy atom. The molecule has 0 atom stereocenters. The summed E-state index contributed by atoms with van der Waals surface area (Å²) in [5.41, 5.74) is 2.98. The summed E-state index contributed by atoms with van der Waals surface area (Å²) in [7, 11) is 0. The predicted molar refractivity (Wildman–Crippen MR) is 86.9 cm³/mol. The average Bonchev–Trinajstić information content (AvgIpc) is 2.59. The Hall–Kier alpha value is -2.45. The summed E-state index contributed by atoms with van der Waals surface area (Å²) in [6.07, 6.45) is 5.71. The van der Waals surface area contributed by atoms with Gasteiger partial charge < -0.3 is 4.74 Å². The monoisotopic (exact) mass is 308 g/mol. The Morgan fingerprint density at radius 3 is 2.43 bits per heavy atom. The third-order valence-electron chi connectivity index (χ3n) is 4.05. The number of aryl methyl sites for hydroxylation is 1. The van der Waals surface area contributed by atoms with Crippen LogP contribution in [0.25, 0.3) is 0 Å². The lowest BCUT2D eigenvalue weighted by Crippen LogP contribution is -2.38. The Bertz CT molecular complexity index is 668. The van der Waals surface area contributed by atoms with Gasteiger partial charge in [-0.25, -0.2) is 9.97 Å². The Morgan fingerprint density at radius 2 is 1.83 bits per heavy atom. The first-order chi connectivity index (χ1) is 11.2. The molecular formula is C18H20N4O. The van der Waals surface area contributed by atoms with Crippen LogP contribution in [0.3, 0.4) is 0 Å². The number of benzene rings is 1. The molecule has 1 fully saturated rings. The van der Waals surface area contributed by atoms with Gasteiger partial charge in [-0.1, -0.05) is 12.1 Å². The van der Waals surface area contributed by atoms with Crippen molar-refractivity contribution < 1.29 is 4.74 Å². The van der Waals surface area contributed by atoms with Gasteiger partial charge in [-0.15, -0.1) is 0 Å². The molecule has 0 bridgehead atoms. The lowest BCUT2D eigenvalue weighted by Gasteiger charge is -2.31. The maximum absolute atomic E-state index is 8.83. The fraction of sp³-hybridized carbons (Fsp3) is 0.389. The van der Waals surface area contributed by atoms with Crippen molar-refractivity contribution in [1.29, 1.82) is 5.26 Å². The van der Waals surface area contributed by atoms with Crippen LogP contribution in [0.1, 0.15) is 29.5 Å². The second-order valence-electron chi connectivity index (χ2n) is 5.95. The molecule has 0 saturated carbocycles. The van der Waals surface area contributed by atoms with E-state index in [0.29, 0.717) is 11.6 Å². The van der Waals surface area contributed by atoms with Gasteiger partial charge in [0.1, 0.15) is 6.10 Å². The normalized spacial score (nSPS) is 16.0. The number of piperidine rings is 1. The van der Waals surface area contributed by atoms with Gasteiger partial charge in [0.25, 0.3) is 0 Å². The minimum atomic E-state index is 0.190. The summed E-state index contributed by atoms with van der Waals surface area (Å²) in [5, 5.41) is 8.83. The number of likely N-dealkylation sites (tertiary alicyclic amines) is 1. The van der Waals surface area contributed by atoms with Crippen molar-refractivity contribution in [2.75, 3.05) is 13.1 Å². The molecule has 1 aromatic heterocycles. The standard InChI is InChI=1S/C18H20N4O/c1-14-11-20-18(21-12-14)23-17-6-8-22(9-7-17)13-16-4-2-15(10-19)3-5-16/h2-5,11-12,17H,6-9,13H2,1H3. The zero-order valence-corrected chi connectivity index (χ0v) is 13.3. The van der Waals surface area contributed by atoms with Crippen molar-refractivity contribution >= 4 is 0 Å². The molecule has 2 aromatic rings. The van der Waals surface area contributed by atoms with E-state index in [9.17, 15) is 0 Å². The van der Waals surface area contributed by atoms with Crippen LogP contribution < -0.4 is 4.74 Å². The second kappa shape index (κ2) is 7.21. The Balaban J connectivity index is 1.48. The maximum atomic E-state index is 8.83. The van der Waals surface area contributed by atoms with E-state index in [1.54, 1.807) is 12.4 Å². The molecule has 0 spiro atoms. The molecule has 1 aromatic carbocycles. The van der Waals surface area contributed by atoms with Gasteiger partial charge in [0, 0.05) is 32.0 Å². The van der Waals surface area contributed by atoms with Gasteiger partial charge in [0.05, 0.1) is 11.6 Å².